The molecule has 0 saturated carbocycles. The zero-order chi connectivity index (χ0) is 10.7. The molecule has 1 saturated heterocycles. The van der Waals surface area contributed by atoms with Gasteiger partial charge in [-0.05, 0) is 6.42 Å². The van der Waals surface area contributed by atoms with Crippen LogP contribution in [0, 0.1) is 0 Å². The van der Waals surface area contributed by atoms with Crippen LogP contribution in [-0.4, -0.2) is 29.2 Å². The van der Waals surface area contributed by atoms with Gasteiger partial charge in [0.1, 0.15) is 6.04 Å². The minimum absolute atomic E-state index is 0.0175. The Morgan fingerprint density at radius 1 is 1.43 bits per heavy atom. The number of amides is 2. The largest absolute Gasteiger partial charge is 0.386 e. The van der Waals surface area contributed by atoms with Gasteiger partial charge >= 0.3 is 18.0 Å². The number of nitrogens with two attached hydrogens (primary N) is 2. The van der Waals surface area contributed by atoms with Gasteiger partial charge in [-0.15, -0.1) is 0 Å². The van der Waals surface area contributed by atoms with E-state index in [0.717, 1.165) is 0 Å². The van der Waals surface area contributed by atoms with Crippen LogP contribution >= 0.6 is 0 Å². The van der Waals surface area contributed by atoms with Crippen LogP contribution in [0.5, 0.6) is 0 Å². The van der Waals surface area contributed by atoms with Crippen LogP contribution in [0.4, 0.5) is 4.79 Å². The monoisotopic (exact) mass is 203 g/mol. The second-order valence-electron chi connectivity index (χ2n) is 2.61. The van der Waals surface area contributed by atoms with Crippen LogP contribution in [0.1, 0.15) is 12.8 Å². The third-order valence-corrected chi connectivity index (χ3v) is 1.50. The molecule has 0 radical (unpaired) electrons. The van der Waals surface area contributed by atoms with Gasteiger partial charge in [0.05, 0.1) is 6.42 Å². The standard InChI is InChI=1S/C6H9N3O5/c7-3-1-2-4(10)13-9(6(8)12)14-5(3)11/h3H,1-2,7H2,(H2,8,12). The third kappa shape index (κ3) is 2.33. The van der Waals surface area contributed by atoms with Crippen molar-refractivity contribution >= 4 is 18.0 Å². The fraction of sp³-hybridized carbons (Fsp3) is 0.500. The summed E-state index contributed by atoms with van der Waals surface area (Å²) in [4.78, 5) is 41.0. The van der Waals surface area contributed by atoms with Crippen LogP contribution in [-0.2, 0) is 19.3 Å². The first-order chi connectivity index (χ1) is 6.50. The molecule has 1 aliphatic rings. The molecule has 1 atom stereocenters. The van der Waals surface area contributed by atoms with E-state index >= 15 is 0 Å². The molecule has 0 aromatic carbocycles. The molecule has 1 heterocycles. The first-order valence-corrected chi connectivity index (χ1v) is 3.78. The molecule has 2 amide bonds. The van der Waals surface area contributed by atoms with Crippen molar-refractivity contribution in [1.29, 1.82) is 0 Å². The van der Waals surface area contributed by atoms with Gasteiger partial charge in [-0.3, -0.25) is 4.84 Å². The van der Waals surface area contributed by atoms with Crippen molar-refractivity contribution in [2.45, 2.75) is 18.9 Å². The molecule has 1 rings (SSSR count). The summed E-state index contributed by atoms with van der Waals surface area (Å²) in [6, 6.07) is -2.18. The van der Waals surface area contributed by atoms with Crippen molar-refractivity contribution < 1.29 is 24.1 Å². The Morgan fingerprint density at radius 3 is 2.64 bits per heavy atom. The van der Waals surface area contributed by atoms with E-state index in [0.29, 0.717) is 0 Å². The summed E-state index contributed by atoms with van der Waals surface area (Å²) in [6.45, 7) is 0. The van der Waals surface area contributed by atoms with Gasteiger partial charge in [0.2, 0.25) is 0 Å². The van der Waals surface area contributed by atoms with E-state index in [1.165, 1.54) is 0 Å². The summed E-state index contributed by atoms with van der Waals surface area (Å²) >= 11 is 0. The van der Waals surface area contributed by atoms with Crippen molar-refractivity contribution in [3.05, 3.63) is 0 Å². The average Bonchev–Trinajstić information content (AvgIpc) is 2.11. The van der Waals surface area contributed by atoms with Crippen molar-refractivity contribution in [3.8, 4) is 0 Å². The molecule has 0 spiro atoms. The van der Waals surface area contributed by atoms with E-state index in [9.17, 15) is 14.4 Å². The molecular formula is C6H9N3O5. The summed E-state index contributed by atoms with van der Waals surface area (Å²) in [7, 11) is 0. The smallest absolute Gasteiger partial charge is 0.346 e. The lowest BCUT2D eigenvalue weighted by atomic mass is 10.2. The van der Waals surface area contributed by atoms with Crippen LogP contribution < -0.4 is 11.5 Å². The molecule has 0 aliphatic carbocycles. The lowest BCUT2D eigenvalue weighted by Gasteiger charge is -2.21. The van der Waals surface area contributed by atoms with Crippen molar-refractivity contribution in [3.63, 3.8) is 0 Å². The number of carbonyl (C=O) groups is 3. The number of carbonyl (C=O) groups excluding carboxylic acids is 3. The highest BCUT2D eigenvalue weighted by molar-refractivity contribution is 5.81. The first kappa shape index (κ1) is 10.3. The number of rotatable bonds is 0. The lowest BCUT2D eigenvalue weighted by molar-refractivity contribution is -0.293. The Labute approximate surface area is 78.6 Å². The van der Waals surface area contributed by atoms with Crippen molar-refractivity contribution in [1.82, 2.24) is 5.23 Å². The summed E-state index contributed by atoms with van der Waals surface area (Å²) < 4.78 is 0. The Morgan fingerprint density at radius 2 is 2.07 bits per heavy atom. The molecule has 1 aliphatic heterocycles. The van der Waals surface area contributed by atoms with E-state index < -0.39 is 24.0 Å². The number of urea groups is 1. The Kier molecular flexibility index (Phi) is 2.87. The number of primary amides is 1. The molecule has 0 aromatic heterocycles. The predicted octanol–water partition coefficient (Wildman–Crippen LogP) is -1.60. The summed E-state index contributed by atoms with van der Waals surface area (Å²) in [6.07, 6.45) is 0.0182. The van der Waals surface area contributed by atoms with E-state index in [1.807, 2.05) is 0 Å². The first-order valence-electron chi connectivity index (χ1n) is 3.78. The number of hydrogen-bond acceptors (Lipinski definition) is 6. The second kappa shape index (κ2) is 3.92. The number of hydroxylamine groups is 2. The van der Waals surface area contributed by atoms with E-state index in [4.69, 9.17) is 11.5 Å². The van der Waals surface area contributed by atoms with Crippen LogP contribution in [0.2, 0.25) is 0 Å². The summed E-state index contributed by atoms with van der Waals surface area (Å²) in [5.41, 5.74) is 10.1. The zero-order valence-electron chi connectivity index (χ0n) is 7.13. The minimum Gasteiger partial charge on any atom is -0.346 e. The van der Waals surface area contributed by atoms with E-state index in [1.54, 1.807) is 0 Å². The molecular weight excluding hydrogens is 194 g/mol. The topological polar surface area (TPSA) is 125 Å². The van der Waals surface area contributed by atoms with Gasteiger partial charge in [-0.2, -0.15) is 0 Å². The second-order valence-corrected chi connectivity index (χ2v) is 2.61. The van der Waals surface area contributed by atoms with E-state index in [-0.39, 0.29) is 18.1 Å². The van der Waals surface area contributed by atoms with Crippen molar-refractivity contribution in [2.24, 2.45) is 11.5 Å². The predicted molar refractivity (Wildman–Crippen MR) is 40.8 cm³/mol. The van der Waals surface area contributed by atoms with Gasteiger partial charge < -0.3 is 16.3 Å². The Balaban J connectivity index is 2.73. The average molecular weight is 203 g/mol. The highest BCUT2D eigenvalue weighted by Gasteiger charge is 2.28. The molecule has 0 aromatic rings. The van der Waals surface area contributed by atoms with E-state index in [2.05, 4.69) is 9.68 Å². The molecule has 8 heteroatoms. The Hall–Kier alpha value is -1.83. The summed E-state index contributed by atoms with van der Waals surface area (Å²) in [5, 5.41) is 0.0175. The normalized spacial score (nSPS) is 23.2. The Bertz CT molecular complexity index is 279. The number of nitrogens with zero attached hydrogens (tertiary/aromatic N) is 1. The number of hydrogen-bond donors (Lipinski definition) is 2. The van der Waals surface area contributed by atoms with Crippen LogP contribution in [0.15, 0.2) is 0 Å². The van der Waals surface area contributed by atoms with Crippen LogP contribution in [0.3, 0.4) is 0 Å². The maximum absolute atomic E-state index is 11.0. The highest BCUT2D eigenvalue weighted by Crippen LogP contribution is 2.07. The van der Waals surface area contributed by atoms with Gasteiger partial charge in [0.25, 0.3) is 0 Å². The van der Waals surface area contributed by atoms with Gasteiger partial charge in [-0.25, -0.2) is 14.4 Å². The van der Waals surface area contributed by atoms with Crippen LogP contribution in [0.25, 0.3) is 0 Å². The minimum atomic E-state index is -1.21. The molecule has 8 nitrogen and oxygen atoms in total. The maximum atomic E-state index is 11.0. The SMILES string of the molecule is NC(=O)N1OC(=O)CCC(N)C(=O)O1. The maximum Gasteiger partial charge on any atom is 0.386 e. The molecule has 1 fully saturated rings. The lowest BCUT2D eigenvalue weighted by Crippen LogP contribution is -2.46. The van der Waals surface area contributed by atoms with Gasteiger partial charge in [-0.1, -0.05) is 0 Å². The van der Waals surface area contributed by atoms with Gasteiger partial charge in [0.15, 0.2) is 0 Å². The molecule has 4 N–H and O–H groups in total. The molecule has 0 bridgehead atoms. The fourth-order valence-corrected chi connectivity index (χ4v) is 0.787. The fourth-order valence-electron chi connectivity index (χ4n) is 0.787. The molecule has 1 unspecified atom stereocenters. The molecule has 14 heavy (non-hydrogen) atoms. The van der Waals surface area contributed by atoms with Gasteiger partial charge in [0, 0.05) is 5.23 Å². The zero-order valence-corrected chi connectivity index (χ0v) is 7.13. The summed E-state index contributed by atoms with van der Waals surface area (Å²) in [5.74, 6) is -1.62. The van der Waals surface area contributed by atoms with Crippen molar-refractivity contribution in [2.75, 3.05) is 0 Å². The third-order valence-electron chi connectivity index (χ3n) is 1.50. The molecule has 78 valence electrons. The quantitative estimate of drug-likeness (QED) is 0.488. The highest BCUT2D eigenvalue weighted by atomic mass is 17.0.